The fraction of sp³-hybridized carbons (Fsp3) is 0.105. The number of carbonyl (C=O) groups excluding carboxylic acids is 1. The van der Waals surface area contributed by atoms with Crippen LogP contribution in [0.1, 0.15) is 21.7 Å². The lowest BCUT2D eigenvalue weighted by Crippen LogP contribution is -2.15. The van der Waals surface area contributed by atoms with Gasteiger partial charge in [-0.15, -0.1) is 0 Å². The van der Waals surface area contributed by atoms with Crippen LogP contribution < -0.4 is 10.6 Å². The number of halogens is 1. The Kier molecular flexibility index (Phi) is 5.09. The Labute approximate surface area is 154 Å². The minimum Gasteiger partial charge on any atom is -0.324 e. The van der Waals surface area contributed by atoms with E-state index in [2.05, 4.69) is 36.5 Å². The molecule has 25 heavy (non-hydrogen) atoms. The molecule has 0 unspecified atom stereocenters. The average Bonchev–Trinajstić information content (AvgIpc) is 2.56. The van der Waals surface area contributed by atoms with Crippen LogP contribution in [0.15, 0.2) is 59.1 Å². The topological polar surface area (TPSA) is 66.9 Å². The molecule has 1 aromatic heterocycles. The zero-order valence-corrected chi connectivity index (χ0v) is 15.5. The van der Waals surface area contributed by atoms with Crippen molar-refractivity contribution in [1.82, 2.24) is 9.97 Å². The first-order valence-electron chi connectivity index (χ1n) is 7.76. The first-order valence-corrected chi connectivity index (χ1v) is 8.55. The van der Waals surface area contributed by atoms with Gasteiger partial charge in [0.2, 0.25) is 5.95 Å². The summed E-state index contributed by atoms with van der Waals surface area (Å²) in [6.07, 6.45) is 0. The van der Waals surface area contributed by atoms with Crippen LogP contribution >= 0.6 is 15.9 Å². The van der Waals surface area contributed by atoms with E-state index in [4.69, 9.17) is 0 Å². The highest BCUT2D eigenvalue weighted by Gasteiger charge is 2.11. The zero-order chi connectivity index (χ0) is 17.8. The number of amides is 1. The summed E-state index contributed by atoms with van der Waals surface area (Å²) in [7, 11) is 0. The number of rotatable bonds is 4. The second kappa shape index (κ2) is 7.44. The van der Waals surface area contributed by atoms with Crippen LogP contribution in [0, 0.1) is 13.8 Å². The molecule has 1 heterocycles. The van der Waals surface area contributed by atoms with Gasteiger partial charge in [0.05, 0.1) is 0 Å². The van der Waals surface area contributed by atoms with E-state index < -0.39 is 0 Å². The molecule has 2 N–H and O–H groups in total. The molecule has 0 fully saturated rings. The van der Waals surface area contributed by atoms with Crippen molar-refractivity contribution in [3.8, 4) is 0 Å². The summed E-state index contributed by atoms with van der Waals surface area (Å²) in [6.45, 7) is 3.85. The van der Waals surface area contributed by atoms with E-state index in [0.717, 1.165) is 15.7 Å². The van der Waals surface area contributed by atoms with Crippen LogP contribution in [0.4, 0.5) is 17.3 Å². The lowest BCUT2D eigenvalue weighted by Gasteiger charge is -2.09. The first-order chi connectivity index (χ1) is 12.0. The molecular weight excluding hydrogens is 380 g/mol. The molecule has 5 nitrogen and oxygen atoms in total. The molecule has 0 bridgehead atoms. The smallest absolute Gasteiger partial charge is 0.274 e. The molecule has 0 aliphatic carbocycles. The van der Waals surface area contributed by atoms with Crippen molar-refractivity contribution in [2.45, 2.75) is 13.8 Å². The maximum absolute atomic E-state index is 12.5. The number of aryl methyl sites for hydroxylation is 2. The van der Waals surface area contributed by atoms with Gasteiger partial charge in [0.1, 0.15) is 5.69 Å². The molecule has 0 aliphatic heterocycles. The summed E-state index contributed by atoms with van der Waals surface area (Å²) in [6, 6.07) is 16.9. The highest BCUT2D eigenvalue weighted by molar-refractivity contribution is 9.10. The van der Waals surface area contributed by atoms with Crippen molar-refractivity contribution >= 4 is 39.2 Å². The van der Waals surface area contributed by atoms with Crippen LogP contribution in [-0.2, 0) is 0 Å². The summed E-state index contributed by atoms with van der Waals surface area (Å²) >= 11 is 3.37. The molecule has 3 aromatic rings. The third kappa shape index (κ3) is 4.64. The van der Waals surface area contributed by atoms with Gasteiger partial charge in [0.25, 0.3) is 5.91 Å². The Morgan fingerprint density at radius 3 is 2.44 bits per heavy atom. The average molecular weight is 397 g/mol. The van der Waals surface area contributed by atoms with E-state index >= 15 is 0 Å². The largest absolute Gasteiger partial charge is 0.324 e. The van der Waals surface area contributed by atoms with Gasteiger partial charge in [-0.3, -0.25) is 4.79 Å². The summed E-state index contributed by atoms with van der Waals surface area (Å²) in [5.41, 5.74) is 3.74. The normalized spacial score (nSPS) is 10.4. The Morgan fingerprint density at radius 1 is 0.960 bits per heavy atom. The monoisotopic (exact) mass is 396 g/mol. The number of hydrogen-bond donors (Lipinski definition) is 2. The third-order valence-corrected chi connectivity index (χ3v) is 3.99. The van der Waals surface area contributed by atoms with E-state index in [9.17, 15) is 4.79 Å². The van der Waals surface area contributed by atoms with Crippen LogP contribution in [0.2, 0.25) is 0 Å². The first kappa shape index (κ1) is 17.1. The van der Waals surface area contributed by atoms with Crippen LogP contribution in [0.5, 0.6) is 0 Å². The van der Waals surface area contributed by atoms with Gasteiger partial charge in [-0.1, -0.05) is 28.1 Å². The van der Waals surface area contributed by atoms with Crippen LogP contribution in [0.3, 0.4) is 0 Å². The fourth-order valence-electron chi connectivity index (χ4n) is 2.32. The minimum atomic E-state index is -0.278. The second-order valence-electron chi connectivity index (χ2n) is 5.67. The lowest BCUT2D eigenvalue weighted by molar-refractivity contribution is 0.102. The molecule has 2 aromatic carbocycles. The van der Waals surface area contributed by atoms with E-state index in [1.54, 1.807) is 6.07 Å². The molecule has 1 amide bonds. The van der Waals surface area contributed by atoms with Gasteiger partial charge in [0.15, 0.2) is 0 Å². The molecule has 0 radical (unpaired) electrons. The molecule has 0 saturated heterocycles. The van der Waals surface area contributed by atoms with Gasteiger partial charge >= 0.3 is 0 Å². The molecule has 126 valence electrons. The van der Waals surface area contributed by atoms with E-state index in [1.165, 1.54) is 0 Å². The predicted molar refractivity (Wildman–Crippen MR) is 103 cm³/mol. The zero-order valence-electron chi connectivity index (χ0n) is 13.9. The van der Waals surface area contributed by atoms with E-state index in [0.29, 0.717) is 23.0 Å². The quantitative estimate of drug-likeness (QED) is 0.661. The van der Waals surface area contributed by atoms with Crippen LogP contribution in [0.25, 0.3) is 0 Å². The Balaban J connectivity index is 1.80. The van der Waals surface area contributed by atoms with E-state index in [-0.39, 0.29) is 5.91 Å². The second-order valence-corrected chi connectivity index (χ2v) is 6.59. The highest BCUT2D eigenvalue weighted by Crippen LogP contribution is 2.17. The summed E-state index contributed by atoms with van der Waals surface area (Å²) in [5.74, 6) is 0.117. The molecule has 0 atom stereocenters. The maximum Gasteiger partial charge on any atom is 0.274 e. The Bertz CT molecular complexity index is 910. The van der Waals surface area contributed by atoms with Gasteiger partial charge in [-0.05, 0) is 61.9 Å². The van der Waals surface area contributed by atoms with Gasteiger partial charge in [-0.25, -0.2) is 9.97 Å². The molecule has 6 heteroatoms. The number of benzene rings is 2. The van der Waals surface area contributed by atoms with Gasteiger partial charge in [-0.2, -0.15) is 0 Å². The fourth-order valence-corrected chi connectivity index (χ4v) is 2.59. The highest BCUT2D eigenvalue weighted by atomic mass is 79.9. The summed E-state index contributed by atoms with van der Waals surface area (Å²) in [4.78, 5) is 21.1. The van der Waals surface area contributed by atoms with Crippen molar-refractivity contribution in [2.24, 2.45) is 0 Å². The third-order valence-electron chi connectivity index (χ3n) is 3.46. The summed E-state index contributed by atoms with van der Waals surface area (Å²) < 4.78 is 0.952. The van der Waals surface area contributed by atoms with Crippen molar-refractivity contribution < 1.29 is 4.79 Å². The number of anilines is 3. The van der Waals surface area contributed by atoms with Crippen LogP contribution in [-0.4, -0.2) is 15.9 Å². The Hall–Kier alpha value is -2.73. The number of hydrogen-bond acceptors (Lipinski definition) is 4. The van der Waals surface area contributed by atoms with Crippen molar-refractivity contribution in [3.05, 3.63) is 76.0 Å². The van der Waals surface area contributed by atoms with Crippen molar-refractivity contribution in [3.63, 3.8) is 0 Å². The number of nitrogens with zero attached hydrogens (tertiary/aromatic N) is 2. The SMILES string of the molecule is Cc1cccc(Nc2nc(C)cc(C(=O)Nc3ccc(Br)cc3)n2)c1. The predicted octanol–water partition coefficient (Wildman–Crippen LogP) is 4.85. The standard InChI is InChI=1S/C19H17BrN4O/c1-12-4-3-5-16(10-12)23-19-21-13(2)11-17(24-19)18(25)22-15-8-6-14(20)7-9-15/h3-11H,1-2H3,(H,22,25)(H,21,23,24). The lowest BCUT2D eigenvalue weighted by atomic mass is 10.2. The summed E-state index contributed by atoms with van der Waals surface area (Å²) in [5, 5.41) is 5.98. The molecular formula is C19H17BrN4O. The number of carbonyl (C=O) groups is 1. The molecule has 0 aliphatic rings. The Morgan fingerprint density at radius 2 is 1.72 bits per heavy atom. The van der Waals surface area contributed by atoms with Crippen molar-refractivity contribution in [1.29, 1.82) is 0 Å². The minimum absolute atomic E-state index is 0.278. The van der Waals surface area contributed by atoms with E-state index in [1.807, 2.05) is 62.4 Å². The number of nitrogens with one attached hydrogen (secondary N) is 2. The maximum atomic E-state index is 12.5. The van der Waals surface area contributed by atoms with Crippen molar-refractivity contribution in [2.75, 3.05) is 10.6 Å². The van der Waals surface area contributed by atoms with Gasteiger partial charge < -0.3 is 10.6 Å². The molecule has 0 saturated carbocycles. The van der Waals surface area contributed by atoms with Gasteiger partial charge in [0, 0.05) is 21.5 Å². The number of aromatic nitrogens is 2. The molecule has 0 spiro atoms. The molecule has 3 rings (SSSR count).